The van der Waals surface area contributed by atoms with Crippen molar-refractivity contribution in [3.8, 4) is 11.4 Å². The Morgan fingerprint density at radius 3 is 2.84 bits per heavy atom. The normalized spacial score (nSPS) is 11.3. The molecule has 1 aromatic carbocycles. The number of aromatic nitrogens is 6. The quantitative estimate of drug-likeness (QED) is 0.381. The molecule has 0 spiro atoms. The number of H-pyrrole nitrogens is 1. The number of imidazole rings is 1. The monoisotopic (exact) mass is 413 g/mol. The van der Waals surface area contributed by atoms with Crippen LogP contribution in [0.2, 0.25) is 0 Å². The second-order valence-electron chi connectivity index (χ2n) is 7.25. The average Bonchev–Trinajstić information content (AvgIpc) is 3.29. The molecule has 0 unspecified atom stereocenters. The van der Waals surface area contributed by atoms with Gasteiger partial charge < -0.3 is 10.3 Å². The van der Waals surface area contributed by atoms with Crippen LogP contribution in [0.4, 0.5) is 10.2 Å². The molecule has 0 amide bonds. The van der Waals surface area contributed by atoms with E-state index in [1.165, 1.54) is 18.5 Å². The van der Waals surface area contributed by atoms with Crippen LogP contribution in [0.25, 0.3) is 33.5 Å². The molecule has 0 aliphatic heterocycles. The summed E-state index contributed by atoms with van der Waals surface area (Å²) in [5, 5.41) is 4.27. The van der Waals surface area contributed by atoms with Gasteiger partial charge in [-0.3, -0.25) is 4.98 Å². The lowest BCUT2D eigenvalue weighted by Gasteiger charge is -2.11. The van der Waals surface area contributed by atoms with Gasteiger partial charge in [-0.25, -0.2) is 24.3 Å². The van der Waals surface area contributed by atoms with Crippen molar-refractivity contribution in [3.05, 3.63) is 72.7 Å². The van der Waals surface area contributed by atoms with Gasteiger partial charge in [-0.2, -0.15) is 0 Å². The highest BCUT2D eigenvalue weighted by Gasteiger charge is 2.11. The Bertz CT molecular complexity index is 1330. The molecule has 4 aromatic heterocycles. The van der Waals surface area contributed by atoms with E-state index < -0.39 is 0 Å². The van der Waals surface area contributed by atoms with Crippen LogP contribution in [-0.4, -0.2) is 36.4 Å². The number of nitrogens with one attached hydrogen (secondary N) is 2. The highest BCUT2D eigenvalue weighted by atomic mass is 19.1. The fraction of sp³-hybridized carbons (Fsp3) is 0.174. The number of halogens is 1. The van der Waals surface area contributed by atoms with Crippen LogP contribution in [0, 0.1) is 5.82 Å². The molecule has 0 saturated carbocycles. The molecule has 4 heterocycles. The van der Waals surface area contributed by atoms with E-state index >= 15 is 0 Å². The molecule has 0 aliphatic carbocycles. The SMILES string of the molecule is Fc1ccc2cc(CCCCNc3ncnc4[nH]cnc34)c(-c3ccccn3)nc2c1. The maximum atomic E-state index is 13.7. The largest absolute Gasteiger partial charge is 0.368 e. The molecule has 154 valence electrons. The molecule has 0 aliphatic rings. The Labute approximate surface area is 177 Å². The first-order valence-corrected chi connectivity index (χ1v) is 10.2. The summed E-state index contributed by atoms with van der Waals surface area (Å²) in [7, 11) is 0. The number of aryl methyl sites for hydroxylation is 1. The van der Waals surface area contributed by atoms with Crippen LogP contribution in [0.5, 0.6) is 0 Å². The smallest absolute Gasteiger partial charge is 0.162 e. The Kier molecular flexibility index (Phi) is 5.18. The van der Waals surface area contributed by atoms with Gasteiger partial charge in [0, 0.05) is 24.2 Å². The lowest BCUT2D eigenvalue weighted by molar-refractivity contribution is 0.629. The number of hydrogen-bond acceptors (Lipinski definition) is 6. The first-order chi connectivity index (χ1) is 15.3. The van der Waals surface area contributed by atoms with Gasteiger partial charge >= 0.3 is 0 Å². The lowest BCUT2D eigenvalue weighted by atomic mass is 10.0. The van der Waals surface area contributed by atoms with Gasteiger partial charge in [-0.15, -0.1) is 0 Å². The van der Waals surface area contributed by atoms with Gasteiger partial charge in [0.1, 0.15) is 17.7 Å². The number of benzene rings is 1. The third-order valence-electron chi connectivity index (χ3n) is 5.15. The number of pyridine rings is 2. The molecule has 0 saturated heterocycles. The van der Waals surface area contributed by atoms with Crippen LogP contribution < -0.4 is 5.32 Å². The van der Waals surface area contributed by atoms with Crippen LogP contribution in [-0.2, 0) is 6.42 Å². The van der Waals surface area contributed by atoms with E-state index in [1.54, 1.807) is 18.6 Å². The fourth-order valence-corrected chi connectivity index (χ4v) is 3.64. The molecule has 31 heavy (non-hydrogen) atoms. The second kappa shape index (κ2) is 8.43. The van der Waals surface area contributed by atoms with E-state index in [2.05, 4.69) is 36.3 Å². The first kappa shape index (κ1) is 19.0. The standard InChI is InChI=1S/C23H20FN7/c24-17-8-7-15-11-16(20(31-19(15)12-17)18-6-2-4-9-25-18)5-1-3-10-26-22-21-23(28-13-27-21)30-14-29-22/h2,4,6-9,11-14H,1,3,5,10H2,(H2,26,27,28,29,30). The second-order valence-corrected chi connectivity index (χ2v) is 7.25. The number of hydrogen-bond donors (Lipinski definition) is 2. The highest BCUT2D eigenvalue weighted by Crippen LogP contribution is 2.26. The minimum Gasteiger partial charge on any atom is -0.368 e. The van der Waals surface area contributed by atoms with E-state index in [-0.39, 0.29) is 5.82 Å². The number of nitrogens with zero attached hydrogens (tertiary/aromatic N) is 5. The van der Waals surface area contributed by atoms with E-state index in [1.807, 2.05) is 18.2 Å². The van der Waals surface area contributed by atoms with Crippen LogP contribution >= 0.6 is 0 Å². The lowest BCUT2D eigenvalue weighted by Crippen LogP contribution is -2.05. The maximum Gasteiger partial charge on any atom is 0.162 e. The number of fused-ring (bicyclic) bond motifs is 2. The van der Waals surface area contributed by atoms with Crippen molar-refractivity contribution in [3.63, 3.8) is 0 Å². The minimum atomic E-state index is -0.290. The summed E-state index contributed by atoms with van der Waals surface area (Å²) in [5.74, 6) is 0.441. The number of rotatable bonds is 7. The van der Waals surface area contributed by atoms with Crippen molar-refractivity contribution in [2.24, 2.45) is 0 Å². The number of anilines is 1. The van der Waals surface area contributed by atoms with Crippen molar-refractivity contribution >= 4 is 27.9 Å². The molecule has 0 bridgehead atoms. The van der Waals surface area contributed by atoms with Crippen molar-refractivity contribution in [1.29, 1.82) is 0 Å². The van der Waals surface area contributed by atoms with Crippen LogP contribution in [0.3, 0.4) is 0 Å². The molecular formula is C23H20FN7. The van der Waals surface area contributed by atoms with Crippen molar-refractivity contribution in [2.45, 2.75) is 19.3 Å². The van der Waals surface area contributed by atoms with E-state index in [0.29, 0.717) is 5.52 Å². The molecule has 0 radical (unpaired) electrons. The molecule has 8 heteroatoms. The van der Waals surface area contributed by atoms with Crippen molar-refractivity contribution in [1.82, 2.24) is 29.9 Å². The summed E-state index contributed by atoms with van der Waals surface area (Å²) in [4.78, 5) is 24.9. The molecule has 5 rings (SSSR count). The molecule has 0 atom stereocenters. The molecular weight excluding hydrogens is 393 g/mol. The van der Waals surface area contributed by atoms with E-state index in [9.17, 15) is 4.39 Å². The predicted molar refractivity (Wildman–Crippen MR) is 118 cm³/mol. The zero-order valence-electron chi connectivity index (χ0n) is 16.7. The summed E-state index contributed by atoms with van der Waals surface area (Å²) in [6, 6.07) is 12.5. The summed E-state index contributed by atoms with van der Waals surface area (Å²) in [6.07, 6.45) is 7.62. The van der Waals surface area contributed by atoms with Gasteiger partial charge in [-0.1, -0.05) is 6.07 Å². The number of unbranched alkanes of at least 4 members (excludes halogenated alkanes) is 1. The van der Waals surface area contributed by atoms with Crippen molar-refractivity contribution in [2.75, 3.05) is 11.9 Å². The third-order valence-corrected chi connectivity index (χ3v) is 5.15. The minimum absolute atomic E-state index is 0.290. The predicted octanol–water partition coefficient (Wildman–Crippen LogP) is 4.54. The van der Waals surface area contributed by atoms with Crippen molar-refractivity contribution < 1.29 is 4.39 Å². The highest BCUT2D eigenvalue weighted by molar-refractivity contribution is 5.83. The first-order valence-electron chi connectivity index (χ1n) is 10.2. The zero-order valence-corrected chi connectivity index (χ0v) is 16.7. The molecule has 5 aromatic rings. The number of aromatic amines is 1. The van der Waals surface area contributed by atoms with Gasteiger partial charge in [0.15, 0.2) is 11.5 Å². The topological polar surface area (TPSA) is 92.3 Å². The Hall–Kier alpha value is -3.94. The van der Waals surface area contributed by atoms with Gasteiger partial charge in [-0.05, 0) is 55.2 Å². The third kappa shape index (κ3) is 4.05. The Balaban J connectivity index is 1.31. The maximum absolute atomic E-state index is 13.7. The summed E-state index contributed by atoms with van der Waals surface area (Å²) in [5.41, 5.74) is 4.80. The zero-order chi connectivity index (χ0) is 21.0. The van der Waals surface area contributed by atoms with Crippen LogP contribution in [0.15, 0.2) is 61.3 Å². The summed E-state index contributed by atoms with van der Waals surface area (Å²) >= 11 is 0. The Morgan fingerprint density at radius 2 is 1.94 bits per heavy atom. The Morgan fingerprint density at radius 1 is 0.968 bits per heavy atom. The van der Waals surface area contributed by atoms with Crippen LogP contribution in [0.1, 0.15) is 18.4 Å². The van der Waals surface area contributed by atoms with E-state index in [0.717, 1.165) is 65.1 Å². The summed E-state index contributed by atoms with van der Waals surface area (Å²) in [6.45, 7) is 0.768. The van der Waals surface area contributed by atoms with Gasteiger partial charge in [0.05, 0.1) is 23.2 Å². The van der Waals surface area contributed by atoms with E-state index in [4.69, 9.17) is 4.98 Å². The average molecular weight is 413 g/mol. The van der Waals surface area contributed by atoms with Gasteiger partial charge in [0.2, 0.25) is 0 Å². The molecule has 2 N–H and O–H groups in total. The molecule has 0 fully saturated rings. The fourth-order valence-electron chi connectivity index (χ4n) is 3.64. The van der Waals surface area contributed by atoms with Gasteiger partial charge in [0.25, 0.3) is 0 Å². The summed E-state index contributed by atoms with van der Waals surface area (Å²) < 4.78 is 13.7. The molecule has 7 nitrogen and oxygen atoms in total.